The molecule has 82 valence electrons. The minimum absolute atomic E-state index is 0.211. The third-order valence-electron chi connectivity index (χ3n) is 1.92. The SMILES string of the molecule is N[C@H](c1cnccn1)c1nc(Cl)cnc1Cl. The third-order valence-corrected chi connectivity index (χ3v) is 2.39. The topological polar surface area (TPSA) is 77.6 Å². The molecule has 7 heteroatoms. The molecule has 0 aliphatic carbocycles. The predicted molar refractivity (Wildman–Crippen MR) is 60.1 cm³/mol. The van der Waals surface area contributed by atoms with Crippen LogP contribution < -0.4 is 5.73 Å². The molecule has 0 radical (unpaired) electrons. The average Bonchev–Trinajstić information content (AvgIpc) is 2.32. The van der Waals surface area contributed by atoms with Crippen LogP contribution >= 0.6 is 23.2 Å². The second-order valence-electron chi connectivity index (χ2n) is 2.98. The molecule has 0 aromatic carbocycles. The van der Waals surface area contributed by atoms with Crippen LogP contribution in [0.2, 0.25) is 10.3 Å². The molecular weight excluding hydrogens is 249 g/mol. The highest BCUT2D eigenvalue weighted by atomic mass is 35.5. The van der Waals surface area contributed by atoms with Crippen LogP contribution in [-0.2, 0) is 0 Å². The minimum Gasteiger partial charge on any atom is -0.318 e. The van der Waals surface area contributed by atoms with Crippen LogP contribution in [0.5, 0.6) is 0 Å². The molecule has 0 fully saturated rings. The molecular formula is C9H7Cl2N5. The largest absolute Gasteiger partial charge is 0.318 e. The van der Waals surface area contributed by atoms with E-state index in [1.165, 1.54) is 6.20 Å². The van der Waals surface area contributed by atoms with E-state index in [-0.39, 0.29) is 10.3 Å². The van der Waals surface area contributed by atoms with Gasteiger partial charge in [-0.05, 0) is 0 Å². The van der Waals surface area contributed by atoms with E-state index < -0.39 is 6.04 Å². The molecule has 2 heterocycles. The number of hydrogen-bond donors (Lipinski definition) is 1. The van der Waals surface area contributed by atoms with Gasteiger partial charge in [0, 0.05) is 12.4 Å². The first-order valence-electron chi connectivity index (χ1n) is 4.38. The zero-order valence-corrected chi connectivity index (χ0v) is 9.52. The molecule has 0 saturated heterocycles. The van der Waals surface area contributed by atoms with E-state index in [0.717, 1.165) is 0 Å². The van der Waals surface area contributed by atoms with Gasteiger partial charge in [0.15, 0.2) is 5.15 Å². The Balaban J connectivity index is 2.41. The van der Waals surface area contributed by atoms with Crippen molar-refractivity contribution in [2.45, 2.75) is 6.04 Å². The summed E-state index contributed by atoms with van der Waals surface area (Å²) in [5.41, 5.74) is 6.88. The van der Waals surface area contributed by atoms with Crippen LogP contribution in [0.1, 0.15) is 17.4 Å². The fourth-order valence-electron chi connectivity index (χ4n) is 1.18. The molecule has 0 unspecified atom stereocenters. The summed E-state index contributed by atoms with van der Waals surface area (Å²) in [7, 11) is 0. The van der Waals surface area contributed by atoms with E-state index in [2.05, 4.69) is 19.9 Å². The zero-order chi connectivity index (χ0) is 11.5. The van der Waals surface area contributed by atoms with Gasteiger partial charge in [-0.3, -0.25) is 9.97 Å². The highest BCUT2D eigenvalue weighted by Crippen LogP contribution is 2.22. The van der Waals surface area contributed by atoms with Crippen LogP contribution in [0.4, 0.5) is 0 Å². The van der Waals surface area contributed by atoms with Crippen molar-refractivity contribution in [1.82, 2.24) is 19.9 Å². The lowest BCUT2D eigenvalue weighted by molar-refractivity contribution is 0.778. The Morgan fingerprint density at radius 1 is 1.12 bits per heavy atom. The maximum absolute atomic E-state index is 5.94. The van der Waals surface area contributed by atoms with Crippen molar-refractivity contribution in [3.63, 3.8) is 0 Å². The third kappa shape index (κ3) is 2.27. The van der Waals surface area contributed by atoms with Gasteiger partial charge < -0.3 is 5.73 Å². The number of nitrogens with two attached hydrogens (primary N) is 1. The first kappa shape index (κ1) is 11.2. The fraction of sp³-hybridized carbons (Fsp3) is 0.111. The number of rotatable bonds is 2. The molecule has 1 atom stereocenters. The molecule has 2 N–H and O–H groups in total. The van der Waals surface area contributed by atoms with Gasteiger partial charge in [0.2, 0.25) is 0 Å². The fourth-order valence-corrected chi connectivity index (χ4v) is 1.52. The molecule has 0 spiro atoms. The Bertz CT molecular complexity index is 491. The molecule has 2 aromatic heterocycles. The number of halogens is 2. The molecule has 0 aliphatic rings. The quantitative estimate of drug-likeness (QED) is 0.883. The lowest BCUT2D eigenvalue weighted by Crippen LogP contribution is -2.16. The minimum atomic E-state index is -0.590. The molecule has 2 rings (SSSR count). The standard InChI is InChI=1S/C9H7Cl2N5/c10-6-4-15-9(11)8(16-6)7(12)5-3-13-1-2-14-5/h1-4,7H,12H2/t7-/m1/s1. The predicted octanol–water partition coefficient (Wildman–Crippen LogP) is 1.62. The van der Waals surface area contributed by atoms with Gasteiger partial charge in [-0.25, -0.2) is 9.97 Å². The van der Waals surface area contributed by atoms with Crippen molar-refractivity contribution in [3.05, 3.63) is 46.5 Å². The van der Waals surface area contributed by atoms with E-state index in [1.54, 1.807) is 18.6 Å². The summed E-state index contributed by atoms with van der Waals surface area (Å²) in [6.45, 7) is 0. The molecule has 0 bridgehead atoms. The lowest BCUT2D eigenvalue weighted by atomic mass is 10.2. The summed E-state index contributed by atoms with van der Waals surface area (Å²) in [6.07, 6.45) is 6.00. The highest BCUT2D eigenvalue weighted by molar-refractivity contribution is 6.31. The van der Waals surface area contributed by atoms with Crippen LogP contribution in [-0.4, -0.2) is 19.9 Å². The van der Waals surface area contributed by atoms with Gasteiger partial charge in [0.05, 0.1) is 24.1 Å². The van der Waals surface area contributed by atoms with Crippen molar-refractivity contribution in [3.8, 4) is 0 Å². The Morgan fingerprint density at radius 3 is 2.62 bits per heavy atom. The van der Waals surface area contributed by atoms with Crippen LogP contribution in [0.3, 0.4) is 0 Å². The van der Waals surface area contributed by atoms with E-state index in [1.807, 2.05) is 0 Å². The van der Waals surface area contributed by atoms with Gasteiger partial charge in [0.25, 0.3) is 0 Å². The van der Waals surface area contributed by atoms with Gasteiger partial charge in [-0.2, -0.15) is 0 Å². The lowest BCUT2D eigenvalue weighted by Gasteiger charge is -2.10. The molecule has 0 aliphatic heterocycles. The number of nitrogens with zero attached hydrogens (tertiary/aromatic N) is 4. The number of hydrogen-bond acceptors (Lipinski definition) is 5. The van der Waals surface area contributed by atoms with E-state index in [4.69, 9.17) is 28.9 Å². The smallest absolute Gasteiger partial charge is 0.152 e. The van der Waals surface area contributed by atoms with E-state index in [9.17, 15) is 0 Å². The molecule has 0 amide bonds. The highest BCUT2D eigenvalue weighted by Gasteiger charge is 2.17. The van der Waals surface area contributed by atoms with Crippen LogP contribution in [0.15, 0.2) is 24.8 Å². The van der Waals surface area contributed by atoms with Crippen molar-refractivity contribution < 1.29 is 0 Å². The van der Waals surface area contributed by atoms with Crippen molar-refractivity contribution in [2.75, 3.05) is 0 Å². The summed E-state index contributed by atoms with van der Waals surface area (Å²) in [5.74, 6) is 0. The summed E-state index contributed by atoms with van der Waals surface area (Å²) in [5, 5.41) is 0.446. The second-order valence-corrected chi connectivity index (χ2v) is 3.72. The summed E-state index contributed by atoms with van der Waals surface area (Å²) in [6, 6.07) is -0.590. The van der Waals surface area contributed by atoms with Gasteiger partial charge in [-0.1, -0.05) is 23.2 Å². The van der Waals surface area contributed by atoms with E-state index >= 15 is 0 Å². The molecule has 5 nitrogen and oxygen atoms in total. The van der Waals surface area contributed by atoms with Gasteiger partial charge in [-0.15, -0.1) is 0 Å². The maximum Gasteiger partial charge on any atom is 0.152 e. The normalized spacial score (nSPS) is 12.4. The van der Waals surface area contributed by atoms with Crippen LogP contribution in [0, 0.1) is 0 Å². The zero-order valence-electron chi connectivity index (χ0n) is 8.01. The number of aromatic nitrogens is 4. The van der Waals surface area contributed by atoms with Crippen LogP contribution in [0.25, 0.3) is 0 Å². The first-order chi connectivity index (χ1) is 7.68. The van der Waals surface area contributed by atoms with Gasteiger partial charge in [0.1, 0.15) is 10.8 Å². The molecule has 16 heavy (non-hydrogen) atoms. The second kappa shape index (κ2) is 4.69. The molecule has 2 aromatic rings. The molecule has 0 saturated carbocycles. The summed E-state index contributed by atoms with van der Waals surface area (Å²) < 4.78 is 0. The van der Waals surface area contributed by atoms with Crippen molar-refractivity contribution >= 4 is 23.2 Å². The summed E-state index contributed by atoms with van der Waals surface area (Å²) >= 11 is 11.6. The Labute approximate surface area is 102 Å². The Morgan fingerprint density at radius 2 is 1.94 bits per heavy atom. The van der Waals surface area contributed by atoms with Crippen molar-refractivity contribution in [2.24, 2.45) is 5.73 Å². The van der Waals surface area contributed by atoms with Crippen molar-refractivity contribution in [1.29, 1.82) is 0 Å². The average molecular weight is 256 g/mol. The Kier molecular flexibility index (Phi) is 3.28. The van der Waals surface area contributed by atoms with E-state index in [0.29, 0.717) is 11.4 Å². The first-order valence-corrected chi connectivity index (χ1v) is 5.13. The summed E-state index contributed by atoms with van der Waals surface area (Å²) in [4.78, 5) is 15.9. The van der Waals surface area contributed by atoms with Gasteiger partial charge >= 0.3 is 0 Å². The monoisotopic (exact) mass is 255 g/mol. The maximum atomic E-state index is 5.94. The Hall–Kier alpha value is -1.30.